The minimum absolute atomic E-state index is 0.0376. The Hall–Kier alpha value is -2.66. The molecule has 3 rings (SSSR count). The summed E-state index contributed by atoms with van der Waals surface area (Å²) in [7, 11) is -2.53. The molecular weight excluding hydrogens is 410 g/mol. The van der Waals surface area contributed by atoms with E-state index in [-0.39, 0.29) is 4.90 Å². The first-order valence-corrected chi connectivity index (χ1v) is 10.9. The van der Waals surface area contributed by atoms with E-state index in [1.54, 1.807) is 12.1 Å². The highest BCUT2D eigenvalue weighted by atomic mass is 32.2. The van der Waals surface area contributed by atoms with E-state index in [9.17, 15) is 18.3 Å². The number of anilines is 2. The van der Waals surface area contributed by atoms with Crippen LogP contribution in [0.15, 0.2) is 53.4 Å². The lowest BCUT2D eigenvalue weighted by Crippen LogP contribution is -2.46. The van der Waals surface area contributed by atoms with Gasteiger partial charge in [0.25, 0.3) is 0 Å². The van der Waals surface area contributed by atoms with Crippen molar-refractivity contribution in [2.75, 3.05) is 50.2 Å². The highest BCUT2D eigenvalue weighted by Crippen LogP contribution is 2.20. The Bertz CT molecular complexity index is 942. The Morgan fingerprint density at radius 1 is 1.13 bits per heavy atom. The van der Waals surface area contributed by atoms with E-state index >= 15 is 0 Å². The lowest BCUT2D eigenvalue weighted by Gasteiger charge is -2.29. The third-order valence-electron chi connectivity index (χ3n) is 4.68. The molecule has 1 amide bonds. The standard InChI is InChI=1S/C20H25N3O6S/c1-28-17-6-8-18(9-7-17)30(26,27)22-19(14-24)20(25)21-15-2-4-16(5-3-15)23-10-12-29-13-11-23/h2-9,19,22,24H,10-14H2,1H3,(H,21,25). The number of methoxy groups -OCH3 is 1. The van der Waals surface area contributed by atoms with Crippen LogP contribution in [0, 0.1) is 0 Å². The molecule has 3 N–H and O–H groups in total. The summed E-state index contributed by atoms with van der Waals surface area (Å²) < 4.78 is 37.6. The predicted octanol–water partition coefficient (Wildman–Crippen LogP) is 0.810. The molecule has 0 spiro atoms. The summed E-state index contributed by atoms with van der Waals surface area (Å²) in [6, 6.07) is 11.6. The van der Waals surface area contributed by atoms with Crippen LogP contribution in [0.2, 0.25) is 0 Å². The van der Waals surface area contributed by atoms with Gasteiger partial charge >= 0.3 is 0 Å². The number of hydrogen-bond acceptors (Lipinski definition) is 7. The molecule has 0 aliphatic carbocycles. The maximum Gasteiger partial charge on any atom is 0.244 e. The van der Waals surface area contributed by atoms with Gasteiger partial charge in [-0.3, -0.25) is 4.79 Å². The molecule has 1 aliphatic heterocycles. The number of carbonyl (C=O) groups excluding carboxylic acids is 1. The van der Waals surface area contributed by atoms with Crippen molar-refractivity contribution in [2.24, 2.45) is 0 Å². The van der Waals surface area contributed by atoms with Gasteiger partial charge in [0.15, 0.2) is 0 Å². The van der Waals surface area contributed by atoms with Gasteiger partial charge in [0.1, 0.15) is 11.8 Å². The molecule has 10 heteroatoms. The van der Waals surface area contributed by atoms with Gasteiger partial charge < -0.3 is 24.8 Å². The number of amides is 1. The molecule has 0 bridgehead atoms. The van der Waals surface area contributed by atoms with Crippen molar-refractivity contribution in [3.8, 4) is 5.75 Å². The maximum absolute atomic E-state index is 12.5. The van der Waals surface area contributed by atoms with Crippen molar-refractivity contribution >= 4 is 27.3 Å². The second-order valence-corrected chi connectivity index (χ2v) is 8.38. The van der Waals surface area contributed by atoms with E-state index in [2.05, 4.69) is 14.9 Å². The minimum Gasteiger partial charge on any atom is -0.497 e. The summed E-state index contributed by atoms with van der Waals surface area (Å²) in [6.07, 6.45) is 0. The van der Waals surface area contributed by atoms with Crippen LogP contribution in [0.3, 0.4) is 0 Å². The topological polar surface area (TPSA) is 117 Å². The van der Waals surface area contributed by atoms with Crippen LogP contribution >= 0.6 is 0 Å². The smallest absolute Gasteiger partial charge is 0.244 e. The van der Waals surface area contributed by atoms with E-state index in [4.69, 9.17) is 9.47 Å². The predicted molar refractivity (Wildman–Crippen MR) is 112 cm³/mol. The van der Waals surface area contributed by atoms with Gasteiger partial charge in [0.2, 0.25) is 15.9 Å². The molecule has 1 saturated heterocycles. The van der Waals surface area contributed by atoms with E-state index in [0.29, 0.717) is 24.7 Å². The fourth-order valence-corrected chi connectivity index (χ4v) is 4.18. The zero-order chi connectivity index (χ0) is 21.6. The molecule has 1 fully saturated rings. The van der Waals surface area contributed by atoms with Crippen molar-refractivity contribution in [3.63, 3.8) is 0 Å². The van der Waals surface area contributed by atoms with Crippen LogP contribution in [0.1, 0.15) is 0 Å². The third kappa shape index (κ3) is 5.48. The van der Waals surface area contributed by atoms with E-state index in [0.717, 1.165) is 18.8 Å². The number of benzene rings is 2. The first-order valence-electron chi connectivity index (χ1n) is 9.44. The monoisotopic (exact) mass is 435 g/mol. The van der Waals surface area contributed by atoms with Crippen molar-refractivity contribution < 1.29 is 27.8 Å². The van der Waals surface area contributed by atoms with Crippen molar-refractivity contribution in [3.05, 3.63) is 48.5 Å². The van der Waals surface area contributed by atoms with Crippen molar-refractivity contribution in [1.29, 1.82) is 0 Å². The zero-order valence-electron chi connectivity index (χ0n) is 16.6. The van der Waals surface area contributed by atoms with E-state index < -0.39 is 28.6 Å². The average Bonchev–Trinajstić information content (AvgIpc) is 2.78. The summed E-state index contributed by atoms with van der Waals surface area (Å²) in [5.74, 6) is -0.153. The first-order chi connectivity index (χ1) is 14.4. The molecule has 30 heavy (non-hydrogen) atoms. The van der Waals surface area contributed by atoms with Crippen molar-refractivity contribution in [2.45, 2.75) is 10.9 Å². The van der Waals surface area contributed by atoms with Crippen LogP contribution in [-0.2, 0) is 19.6 Å². The van der Waals surface area contributed by atoms with Gasteiger partial charge in [-0.2, -0.15) is 4.72 Å². The maximum atomic E-state index is 12.5. The summed E-state index contributed by atoms with van der Waals surface area (Å²) >= 11 is 0. The molecule has 0 radical (unpaired) electrons. The largest absolute Gasteiger partial charge is 0.497 e. The fourth-order valence-electron chi connectivity index (χ4n) is 2.99. The number of carbonyl (C=O) groups is 1. The van der Waals surface area contributed by atoms with E-state index in [1.807, 2.05) is 12.1 Å². The number of aliphatic hydroxyl groups is 1. The lowest BCUT2D eigenvalue weighted by atomic mass is 10.2. The third-order valence-corrected chi connectivity index (χ3v) is 6.16. The van der Waals surface area contributed by atoms with Crippen LogP contribution in [-0.4, -0.2) is 65.5 Å². The van der Waals surface area contributed by atoms with Gasteiger partial charge in [-0.05, 0) is 48.5 Å². The Kier molecular flexibility index (Phi) is 7.27. The van der Waals surface area contributed by atoms with Gasteiger partial charge in [0.05, 0.1) is 31.8 Å². The first kappa shape index (κ1) is 22.0. The van der Waals surface area contributed by atoms with Gasteiger partial charge in [-0.1, -0.05) is 0 Å². The molecule has 1 aliphatic rings. The fraction of sp³-hybridized carbons (Fsp3) is 0.350. The number of nitrogens with zero attached hydrogens (tertiary/aromatic N) is 1. The SMILES string of the molecule is COc1ccc(S(=O)(=O)NC(CO)C(=O)Nc2ccc(N3CCOCC3)cc2)cc1. The Morgan fingerprint density at radius 2 is 1.77 bits per heavy atom. The number of rotatable bonds is 8. The molecule has 0 aromatic heterocycles. The number of morpholine rings is 1. The zero-order valence-corrected chi connectivity index (χ0v) is 17.4. The van der Waals surface area contributed by atoms with Crippen LogP contribution in [0.4, 0.5) is 11.4 Å². The molecule has 1 heterocycles. The normalized spacial score (nSPS) is 15.5. The molecular formula is C20H25N3O6S. The minimum atomic E-state index is -4.00. The Balaban J connectivity index is 1.63. The Labute approximate surface area is 175 Å². The molecule has 9 nitrogen and oxygen atoms in total. The van der Waals surface area contributed by atoms with Gasteiger partial charge in [-0.15, -0.1) is 0 Å². The van der Waals surface area contributed by atoms with Crippen LogP contribution in [0.25, 0.3) is 0 Å². The molecule has 1 unspecified atom stereocenters. The lowest BCUT2D eigenvalue weighted by molar-refractivity contribution is -0.118. The van der Waals surface area contributed by atoms with Crippen LogP contribution < -0.4 is 19.7 Å². The molecule has 1 atom stereocenters. The number of sulfonamides is 1. The van der Waals surface area contributed by atoms with Gasteiger partial charge in [-0.25, -0.2) is 8.42 Å². The van der Waals surface area contributed by atoms with Gasteiger partial charge in [0, 0.05) is 24.5 Å². The molecule has 0 saturated carbocycles. The van der Waals surface area contributed by atoms with E-state index in [1.165, 1.54) is 31.4 Å². The molecule has 162 valence electrons. The summed E-state index contributed by atoms with van der Waals surface area (Å²) in [5, 5.41) is 12.2. The summed E-state index contributed by atoms with van der Waals surface area (Å²) in [5.41, 5.74) is 1.51. The van der Waals surface area contributed by atoms with Crippen LogP contribution in [0.5, 0.6) is 5.75 Å². The second kappa shape index (κ2) is 9.90. The number of ether oxygens (including phenoxy) is 2. The van der Waals surface area contributed by atoms with Crippen molar-refractivity contribution in [1.82, 2.24) is 4.72 Å². The number of nitrogens with one attached hydrogen (secondary N) is 2. The number of hydrogen-bond donors (Lipinski definition) is 3. The quantitative estimate of drug-likeness (QED) is 0.562. The highest BCUT2D eigenvalue weighted by Gasteiger charge is 2.25. The second-order valence-electron chi connectivity index (χ2n) is 6.67. The summed E-state index contributed by atoms with van der Waals surface area (Å²) in [6.45, 7) is 2.25. The number of aliphatic hydroxyl groups excluding tert-OH is 1. The molecule has 2 aromatic rings. The average molecular weight is 436 g/mol. The Morgan fingerprint density at radius 3 is 2.33 bits per heavy atom. The molecule has 2 aromatic carbocycles. The highest BCUT2D eigenvalue weighted by molar-refractivity contribution is 7.89. The summed E-state index contributed by atoms with van der Waals surface area (Å²) in [4.78, 5) is 14.6.